The molecule has 1 aliphatic heterocycles. The monoisotopic (exact) mass is 353 g/mol. The lowest BCUT2D eigenvalue weighted by Gasteiger charge is -2.12. The topological polar surface area (TPSA) is 39.8 Å². The second-order valence-electron chi connectivity index (χ2n) is 7.09. The quantitative estimate of drug-likeness (QED) is 0.722. The van der Waals surface area contributed by atoms with Crippen LogP contribution < -0.4 is 5.69 Å². The van der Waals surface area contributed by atoms with Gasteiger partial charge in [-0.15, -0.1) is 0 Å². The number of fused-ring (bicyclic) bond motifs is 1. The Balaban J connectivity index is 1.49. The molecule has 1 aliphatic carbocycles. The summed E-state index contributed by atoms with van der Waals surface area (Å²) in [5.74, 6) is -0.251. The summed E-state index contributed by atoms with van der Waals surface area (Å²) >= 11 is 0. The summed E-state index contributed by atoms with van der Waals surface area (Å²) in [6, 6.07) is 13.3. The van der Waals surface area contributed by atoms with E-state index in [0.29, 0.717) is 30.1 Å². The lowest BCUT2D eigenvalue weighted by atomic mass is 10.0. The minimum atomic E-state index is -0.625. The molecule has 1 saturated carbocycles. The zero-order valence-corrected chi connectivity index (χ0v) is 14.0. The molecule has 0 saturated heterocycles. The Labute approximate surface area is 148 Å². The second kappa shape index (κ2) is 5.62. The average Bonchev–Trinajstić information content (AvgIpc) is 3.19. The molecule has 1 fully saturated rings. The number of hydrogen-bond acceptors (Lipinski definition) is 2. The molecule has 0 N–H and O–H groups in total. The highest BCUT2D eigenvalue weighted by atomic mass is 19.1. The van der Waals surface area contributed by atoms with Gasteiger partial charge in [0.05, 0.1) is 12.1 Å². The lowest BCUT2D eigenvalue weighted by Crippen LogP contribution is -2.27. The highest BCUT2D eigenvalue weighted by Gasteiger charge is 2.43. The maximum Gasteiger partial charge on any atom is 0.346 e. The van der Waals surface area contributed by atoms with Crippen LogP contribution >= 0.6 is 0 Å². The van der Waals surface area contributed by atoms with Crippen LogP contribution in [0.15, 0.2) is 53.3 Å². The van der Waals surface area contributed by atoms with Crippen molar-refractivity contribution in [3.8, 4) is 0 Å². The van der Waals surface area contributed by atoms with Crippen LogP contribution in [-0.4, -0.2) is 14.3 Å². The van der Waals surface area contributed by atoms with Crippen LogP contribution in [0, 0.1) is 11.6 Å². The number of nitrogens with zero attached hydrogens (tertiary/aromatic N) is 3. The predicted octanol–water partition coefficient (Wildman–Crippen LogP) is 3.59. The Hall–Kier alpha value is -2.76. The second-order valence-corrected chi connectivity index (χ2v) is 7.09. The van der Waals surface area contributed by atoms with Crippen molar-refractivity contribution < 1.29 is 8.78 Å². The molecule has 6 heteroatoms. The first kappa shape index (κ1) is 15.5. The van der Waals surface area contributed by atoms with Gasteiger partial charge in [0.1, 0.15) is 17.5 Å². The first-order chi connectivity index (χ1) is 12.6. The average molecular weight is 353 g/mol. The smallest absolute Gasteiger partial charge is 0.271 e. The molecule has 0 spiro atoms. The van der Waals surface area contributed by atoms with E-state index in [-0.39, 0.29) is 17.8 Å². The molecule has 4 nitrogen and oxygen atoms in total. The summed E-state index contributed by atoms with van der Waals surface area (Å²) in [4.78, 5) is 12.9. The Kier molecular flexibility index (Phi) is 3.35. The maximum absolute atomic E-state index is 13.6. The van der Waals surface area contributed by atoms with E-state index in [2.05, 4.69) is 17.2 Å². The highest BCUT2D eigenvalue weighted by molar-refractivity contribution is 5.28. The first-order valence-corrected chi connectivity index (χ1v) is 8.82. The van der Waals surface area contributed by atoms with E-state index in [4.69, 9.17) is 0 Å². The minimum Gasteiger partial charge on any atom is -0.271 e. The Morgan fingerprint density at radius 3 is 2.46 bits per heavy atom. The zero-order valence-electron chi connectivity index (χ0n) is 14.0. The van der Waals surface area contributed by atoms with Gasteiger partial charge >= 0.3 is 5.69 Å². The van der Waals surface area contributed by atoms with Crippen molar-refractivity contribution in [2.24, 2.45) is 0 Å². The molecule has 2 aromatic carbocycles. The molecule has 0 amide bonds. The van der Waals surface area contributed by atoms with Gasteiger partial charge in [0.15, 0.2) is 0 Å². The van der Waals surface area contributed by atoms with Crippen molar-refractivity contribution in [3.05, 3.63) is 87.6 Å². The predicted molar refractivity (Wildman–Crippen MR) is 92.1 cm³/mol. The summed E-state index contributed by atoms with van der Waals surface area (Å²) in [6.45, 7) is 0. The molecule has 3 aromatic rings. The number of benzene rings is 2. The summed E-state index contributed by atoms with van der Waals surface area (Å²) in [7, 11) is 0. The summed E-state index contributed by atoms with van der Waals surface area (Å²) < 4.78 is 30.4. The molecule has 0 radical (unpaired) electrons. The van der Waals surface area contributed by atoms with Gasteiger partial charge in [0.2, 0.25) is 0 Å². The number of aryl methyl sites for hydroxylation is 1. The molecule has 0 bridgehead atoms. The fourth-order valence-electron chi connectivity index (χ4n) is 4.12. The third kappa shape index (κ3) is 2.40. The molecular weight excluding hydrogens is 336 g/mol. The molecule has 5 rings (SSSR count). The number of rotatable bonds is 3. The van der Waals surface area contributed by atoms with Gasteiger partial charge in [-0.3, -0.25) is 4.57 Å². The van der Waals surface area contributed by atoms with Crippen molar-refractivity contribution in [2.45, 2.75) is 37.3 Å². The third-order valence-corrected chi connectivity index (χ3v) is 5.42. The maximum atomic E-state index is 13.6. The minimum absolute atomic E-state index is 0.0629. The lowest BCUT2D eigenvalue weighted by molar-refractivity contribution is 0.527. The van der Waals surface area contributed by atoms with E-state index in [0.717, 1.165) is 12.5 Å². The van der Waals surface area contributed by atoms with Crippen LogP contribution in [0.5, 0.6) is 0 Å². The van der Waals surface area contributed by atoms with Gasteiger partial charge in [-0.25, -0.2) is 18.3 Å². The van der Waals surface area contributed by atoms with Gasteiger partial charge in [-0.2, -0.15) is 5.10 Å². The normalized spacial score (nSPS) is 23.8. The van der Waals surface area contributed by atoms with Crippen molar-refractivity contribution in [1.29, 1.82) is 0 Å². The van der Waals surface area contributed by atoms with Gasteiger partial charge in [-0.1, -0.05) is 30.3 Å². The summed E-state index contributed by atoms with van der Waals surface area (Å²) in [6.07, 6.45) is 2.15. The molecule has 26 heavy (non-hydrogen) atoms. The van der Waals surface area contributed by atoms with Gasteiger partial charge in [0.25, 0.3) is 0 Å². The zero-order chi connectivity index (χ0) is 17.8. The number of halogens is 2. The fraction of sp³-hybridized carbons (Fsp3) is 0.300. The van der Waals surface area contributed by atoms with E-state index in [9.17, 15) is 13.6 Å². The molecule has 3 atom stereocenters. The highest BCUT2D eigenvalue weighted by Crippen LogP contribution is 2.50. The molecule has 2 aliphatic rings. The molecule has 1 aromatic heterocycles. The summed E-state index contributed by atoms with van der Waals surface area (Å²) in [5, 5.41) is 4.53. The van der Waals surface area contributed by atoms with Crippen molar-refractivity contribution in [2.75, 3.05) is 0 Å². The molecular formula is C20H17F2N3O. The van der Waals surface area contributed by atoms with Crippen molar-refractivity contribution in [3.63, 3.8) is 0 Å². The van der Waals surface area contributed by atoms with Crippen LogP contribution in [0.1, 0.15) is 47.8 Å². The van der Waals surface area contributed by atoms with Crippen LogP contribution in [0.25, 0.3) is 0 Å². The van der Waals surface area contributed by atoms with Crippen molar-refractivity contribution in [1.82, 2.24) is 14.3 Å². The van der Waals surface area contributed by atoms with E-state index in [1.165, 1.54) is 17.7 Å². The van der Waals surface area contributed by atoms with E-state index < -0.39 is 11.6 Å². The number of aromatic nitrogens is 3. The Morgan fingerprint density at radius 1 is 1.00 bits per heavy atom. The van der Waals surface area contributed by atoms with Crippen molar-refractivity contribution >= 4 is 0 Å². The van der Waals surface area contributed by atoms with E-state index in [1.807, 2.05) is 18.2 Å². The van der Waals surface area contributed by atoms with Gasteiger partial charge in [0, 0.05) is 18.4 Å². The van der Waals surface area contributed by atoms with Crippen LogP contribution in [0.4, 0.5) is 8.78 Å². The Morgan fingerprint density at radius 2 is 1.73 bits per heavy atom. The fourth-order valence-corrected chi connectivity index (χ4v) is 4.12. The molecule has 2 unspecified atom stereocenters. The van der Waals surface area contributed by atoms with Crippen LogP contribution in [-0.2, 0) is 6.42 Å². The molecule has 132 valence electrons. The van der Waals surface area contributed by atoms with Gasteiger partial charge < -0.3 is 0 Å². The van der Waals surface area contributed by atoms with E-state index in [1.54, 1.807) is 9.25 Å². The van der Waals surface area contributed by atoms with Gasteiger partial charge in [-0.05, 0) is 36.1 Å². The number of hydrogen-bond donors (Lipinski definition) is 0. The Bertz CT molecular complexity index is 1020. The van der Waals surface area contributed by atoms with E-state index >= 15 is 0 Å². The first-order valence-electron chi connectivity index (χ1n) is 8.82. The SMILES string of the molecule is O=c1n(C2CC2c2ccccc2)nc2n1[C@H](c1cc(F)cc(F)c1)CC2. The van der Waals surface area contributed by atoms with Crippen LogP contribution in [0.3, 0.4) is 0 Å². The molecule has 2 heterocycles. The van der Waals surface area contributed by atoms with Crippen LogP contribution in [0.2, 0.25) is 0 Å². The summed E-state index contributed by atoms with van der Waals surface area (Å²) in [5.41, 5.74) is 1.51. The third-order valence-electron chi connectivity index (χ3n) is 5.42. The standard InChI is InChI=1S/C20H17F2N3O/c21-14-8-13(9-15(22)10-14)17-6-7-19-23-25(20(26)24(17)19)18-11-16(18)12-4-2-1-3-5-12/h1-5,8-10,16-18H,6-7,11H2/t16?,17-,18?/m0/s1. The largest absolute Gasteiger partial charge is 0.346 e.